The first-order chi connectivity index (χ1) is 4.95. The summed E-state index contributed by atoms with van der Waals surface area (Å²) in [5, 5.41) is 0. The summed E-state index contributed by atoms with van der Waals surface area (Å²) in [7, 11) is 0. The Kier molecular flexibility index (Phi) is 3.97. The van der Waals surface area contributed by atoms with E-state index in [0.29, 0.717) is 5.41 Å². The molecule has 1 aliphatic rings. The van der Waals surface area contributed by atoms with Crippen LogP contribution in [0.4, 0.5) is 0 Å². The van der Waals surface area contributed by atoms with Crippen molar-refractivity contribution in [2.75, 3.05) is 0 Å². The molecular weight excluding hydrogens is 228 g/mol. The van der Waals surface area contributed by atoms with E-state index < -0.39 is 0 Å². The van der Waals surface area contributed by atoms with Gasteiger partial charge in [-0.25, -0.2) is 5.57 Å². The zero-order valence-corrected chi connectivity index (χ0v) is 10.6. The SMILES string of the molecule is CC1=[C-]CC(C)(C)C(C)=C1C.[Mo]. The average molecular weight is 245 g/mol. The van der Waals surface area contributed by atoms with Crippen molar-refractivity contribution in [3.05, 3.63) is 22.8 Å². The molecule has 0 aromatic rings. The van der Waals surface area contributed by atoms with E-state index in [1.165, 1.54) is 16.7 Å². The third-order valence-electron chi connectivity index (χ3n) is 2.94. The molecule has 0 nitrogen and oxygen atoms in total. The molecule has 1 rings (SSSR count). The summed E-state index contributed by atoms with van der Waals surface area (Å²) < 4.78 is 0. The molecule has 0 N–H and O–H groups in total. The summed E-state index contributed by atoms with van der Waals surface area (Å²) in [5.41, 5.74) is 4.63. The Morgan fingerprint density at radius 3 is 2.08 bits per heavy atom. The van der Waals surface area contributed by atoms with E-state index >= 15 is 0 Å². The first-order valence-corrected chi connectivity index (χ1v) is 4.21. The van der Waals surface area contributed by atoms with Crippen molar-refractivity contribution < 1.29 is 21.1 Å². The van der Waals surface area contributed by atoms with Gasteiger partial charge in [0.05, 0.1) is 0 Å². The molecule has 0 saturated heterocycles. The molecule has 0 atom stereocenters. The van der Waals surface area contributed by atoms with Crippen LogP contribution in [0.3, 0.4) is 0 Å². The van der Waals surface area contributed by atoms with E-state index in [4.69, 9.17) is 0 Å². The van der Waals surface area contributed by atoms with Gasteiger partial charge in [0.15, 0.2) is 0 Å². The minimum Gasteiger partial charge on any atom is -0.271 e. The minimum absolute atomic E-state index is 0. The Balaban J connectivity index is 0.00000121. The molecule has 12 heavy (non-hydrogen) atoms. The van der Waals surface area contributed by atoms with Gasteiger partial charge in [-0.15, -0.1) is 18.9 Å². The number of hydrogen-bond acceptors (Lipinski definition) is 0. The predicted molar refractivity (Wildman–Crippen MR) is 49.2 cm³/mol. The van der Waals surface area contributed by atoms with Crippen molar-refractivity contribution in [2.45, 2.75) is 41.0 Å². The second-order valence-corrected chi connectivity index (χ2v) is 4.11. The van der Waals surface area contributed by atoms with Crippen molar-refractivity contribution >= 4 is 0 Å². The van der Waals surface area contributed by atoms with Gasteiger partial charge in [0.25, 0.3) is 0 Å². The summed E-state index contributed by atoms with van der Waals surface area (Å²) in [4.78, 5) is 0. The molecule has 0 aromatic carbocycles. The molecule has 0 spiro atoms. The fraction of sp³-hybridized carbons (Fsp3) is 0.636. The topological polar surface area (TPSA) is 0 Å². The maximum Gasteiger partial charge on any atom is 0 e. The standard InChI is InChI=1S/C11H17.Mo/c1-8-6-7-11(4,5)10(3)9(8)2;/h7H2,1-5H3;/q-1;. The van der Waals surface area contributed by atoms with Gasteiger partial charge in [0, 0.05) is 21.1 Å². The maximum atomic E-state index is 3.41. The molecule has 0 bridgehead atoms. The maximum absolute atomic E-state index is 3.41. The van der Waals surface area contributed by atoms with Crippen LogP contribution in [0.2, 0.25) is 0 Å². The van der Waals surface area contributed by atoms with Crippen LogP contribution in [0.15, 0.2) is 16.7 Å². The molecule has 0 aliphatic heterocycles. The Morgan fingerprint density at radius 2 is 1.67 bits per heavy atom. The second-order valence-electron chi connectivity index (χ2n) is 4.11. The summed E-state index contributed by atoms with van der Waals surface area (Å²) in [6, 6.07) is 0. The van der Waals surface area contributed by atoms with E-state index in [1.54, 1.807) is 0 Å². The summed E-state index contributed by atoms with van der Waals surface area (Å²) in [6.07, 6.45) is 4.48. The molecule has 0 radical (unpaired) electrons. The van der Waals surface area contributed by atoms with Crippen molar-refractivity contribution in [2.24, 2.45) is 5.41 Å². The van der Waals surface area contributed by atoms with Gasteiger partial charge < -0.3 is 0 Å². The summed E-state index contributed by atoms with van der Waals surface area (Å²) in [6.45, 7) is 11.1. The first kappa shape index (κ1) is 12.2. The van der Waals surface area contributed by atoms with Crippen molar-refractivity contribution in [1.29, 1.82) is 0 Å². The van der Waals surface area contributed by atoms with Crippen LogP contribution < -0.4 is 0 Å². The van der Waals surface area contributed by atoms with Gasteiger partial charge in [-0.3, -0.25) is 6.08 Å². The monoisotopic (exact) mass is 247 g/mol. The van der Waals surface area contributed by atoms with Gasteiger partial charge in [0.1, 0.15) is 0 Å². The molecule has 1 aliphatic carbocycles. The second kappa shape index (κ2) is 3.92. The molecule has 0 heterocycles. The predicted octanol–water partition coefficient (Wildman–Crippen LogP) is 3.50. The molecule has 68 valence electrons. The Hall–Kier alpha value is 0.168. The first-order valence-electron chi connectivity index (χ1n) is 4.21. The van der Waals surface area contributed by atoms with Crippen molar-refractivity contribution in [1.82, 2.24) is 0 Å². The Labute approximate surface area is 90.4 Å². The molecule has 1 heteroatoms. The number of rotatable bonds is 0. The van der Waals surface area contributed by atoms with Crippen LogP contribution in [0.25, 0.3) is 0 Å². The van der Waals surface area contributed by atoms with Crippen LogP contribution in [0, 0.1) is 11.5 Å². The third kappa shape index (κ3) is 2.10. The summed E-state index contributed by atoms with van der Waals surface area (Å²) >= 11 is 0. The van der Waals surface area contributed by atoms with E-state index in [1.807, 2.05) is 0 Å². The molecule has 0 saturated carbocycles. The van der Waals surface area contributed by atoms with Crippen LogP contribution in [0.1, 0.15) is 41.0 Å². The number of hydrogen-bond donors (Lipinski definition) is 0. The zero-order valence-electron chi connectivity index (χ0n) is 8.62. The van der Waals surface area contributed by atoms with Gasteiger partial charge in [0.2, 0.25) is 0 Å². The van der Waals surface area contributed by atoms with Crippen LogP contribution in [-0.4, -0.2) is 0 Å². The van der Waals surface area contributed by atoms with Crippen molar-refractivity contribution in [3.63, 3.8) is 0 Å². The fourth-order valence-corrected chi connectivity index (χ4v) is 1.41. The van der Waals surface area contributed by atoms with Gasteiger partial charge in [-0.05, 0) is 5.41 Å². The zero-order chi connectivity index (χ0) is 8.65. The Bertz CT molecular complexity index is 231. The number of allylic oxidation sites excluding steroid dienone is 4. The molecular formula is C11H17Mo-. The van der Waals surface area contributed by atoms with E-state index in [2.05, 4.69) is 40.7 Å². The Morgan fingerprint density at radius 1 is 1.17 bits per heavy atom. The molecule has 0 aromatic heterocycles. The third-order valence-corrected chi connectivity index (χ3v) is 2.94. The van der Waals surface area contributed by atoms with E-state index in [0.717, 1.165) is 6.42 Å². The molecule has 0 unspecified atom stereocenters. The van der Waals surface area contributed by atoms with Gasteiger partial charge in [-0.2, -0.15) is 5.57 Å². The van der Waals surface area contributed by atoms with Crippen LogP contribution >= 0.6 is 0 Å². The van der Waals surface area contributed by atoms with Crippen molar-refractivity contribution in [3.8, 4) is 0 Å². The van der Waals surface area contributed by atoms with Gasteiger partial charge >= 0.3 is 0 Å². The average Bonchev–Trinajstić information content (AvgIpc) is 1.95. The largest absolute Gasteiger partial charge is 0.271 e. The smallest absolute Gasteiger partial charge is 0 e. The quantitative estimate of drug-likeness (QED) is 0.452. The normalized spacial score (nSPS) is 21.6. The fourth-order valence-electron chi connectivity index (χ4n) is 1.41. The van der Waals surface area contributed by atoms with E-state index in [-0.39, 0.29) is 21.1 Å². The minimum atomic E-state index is 0. The molecule has 0 fully saturated rings. The van der Waals surface area contributed by atoms with E-state index in [9.17, 15) is 0 Å². The molecule has 0 amide bonds. The van der Waals surface area contributed by atoms with Gasteiger partial charge in [-0.1, -0.05) is 27.7 Å². The van der Waals surface area contributed by atoms with Crippen LogP contribution in [0.5, 0.6) is 0 Å². The van der Waals surface area contributed by atoms with Crippen LogP contribution in [-0.2, 0) is 21.1 Å². The summed E-state index contributed by atoms with van der Waals surface area (Å²) in [5.74, 6) is 0.